The van der Waals surface area contributed by atoms with Crippen LogP contribution in [0.3, 0.4) is 0 Å². The monoisotopic (exact) mass is 369 g/mol. The molecular formula is C23H28FNO2. The van der Waals surface area contributed by atoms with Crippen molar-refractivity contribution in [2.45, 2.75) is 56.8 Å². The average Bonchev–Trinajstić information content (AvgIpc) is 2.95. The fraction of sp³-hybridized carbons (Fsp3) is 0.478. The highest BCUT2D eigenvalue weighted by Gasteiger charge is 2.47. The van der Waals surface area contributed by atoms with Crippen molar-refractivity contribution in [3.05, 3.63) is 70.5 Å². The van der Waals surface area contributed by atoms with E-state index in [0.717, 1.165) is 30.5 Å². The van der Waals surface area contributed by atoms with Crippen LogP contribution < -0.4 is 5.32 Å². The lowest BCUT2D eigenvalue weighted by atomic mass is 9.77. The lowest BCUT2D eigenvalue weighted by Crippen LogP contribution is -2.45. The van der Waals surface area contributed by atoms with Gasteiger partial charge >= 0.3 is 0 Å². The minimum absolute atomic E-state index is 0.0940. The van der Waals surface area contributed by atoms with Gasteiger partial charge in [-0.1, -0.05) is 35.9 Å². The van der Waals surface area contributed by atoms with E-state index in [2.05, 4.69) is 18.3 Å². The maximum Gasteiger partial charge on any atom is 0.123 e. The molecule has 0 aromatic heterocycles. The molecule has 2 aromatic rings. The third-order valence-corrected chi connectivity index (χ3v) is 6.52. The summed E-state index contributed by atoms with van der Waals surface area (Å²) in [5.41, 5.74) is 2.99. The highest BCUT2D eigenvalue weighted by atomic mass is 19.1. The smallest absolute Gasteiger partial charge is 0.123 e. The minimum Gasteiger partial charge on any atom is -0.392 e. The quantitative estimate of drug-likeness (QED) is 0.775. The second-order valence-electron chi connectivity index (χ2n) is 8.35. The van der Waals surface area contributed by atoms with Crippen LogP contribution in [0.25, 0.3) is 0 Å². The summed E-state index contributed by atoms with van der Waals surface area (Å²) < 4.78 is 13.4. The standard InChI is InChI=1S/C23H28FNO2/c1-14-3-8-21-19(11-14)20(16-9-10-25-22(12-16)15(2)26)13-23(21,27)17-4-6-18(24)7-5-17/h3-8,11,15-16,20,22,25-27H,9-10,12-13H2,1-2H3. The number of rotatable bonds is 3. The number of fused-ring (bicyclic) bond motifs is 1. The van der Waals surface area contributed by atoms with Gasteiger partial charge in [0.2, 0.25) is 0 Å². The Kier molecular flexibility index (Phi) is 4.83. The van der Waals surface area contributed by atoms with E-state index in [9.17, 15) is 14.6 Å². The van der Waals surface area contributed by atoms with Crippen molar-refractivity contribution in [2.24, 2.45) is 5.92 Å². The first-order valence-corrected chi connectivity index (χ1v) is 9.89. The molecule has 0 saturated carbocycles. The lowest BCUT2D eigenvalue weighted by Gasteiger charge is -2.36. The Bertz CT molecular complexity index is 820. The van der Waals surface area contributed by atoms with Gasteiger partial charge in [-0.2, -0.15) is 0 Å². The third kappa shape index (κ3) is 3.31. The summed E-state index contributed by atoms with van der Waals surface area (Å²) in [6.07, 6.45) is 2.15. The van der Waals surface area contributed by atoms with Crippen LogP contribution in [0.1, 0.15) is 54.4 Å². The van der Waals surface area contributed by atoms with E-state index >= 15 is 0 Å². The Morgan fingerprint density at radius 2 is 1.93 bits per heavy atom. The molecule has 2 aromatic carbocycles. The molecule has 4 rings (SSSR count). The van der Waals surface area contributed by atoms with Crippen LogP contribution in [-0.2, 0) is 5.60 Å². The van der Waals surface area contributed by atoms with Crippen LogP contribution >= 0.6 is 0 Å². The number of hydrogen-bond donors (Lipinski definition) is 3. The van der Waals surface area contributed by atoms with Crippen LogP contribution in [0.5, 0.6) is 0 Å². The molecule has 1 aliphatic heterocycles. The molecule has 3 N–H and O–H groups in total. The zero-order valence-electron chi connectivity index (χ0n) is 16.0. The minimum atomic E-state index is -1.09. The van der Waals surface area contributed by atoms with Crippen LogP contribution in [-0.4, -0.2) is 28.9 Å². The fourth-order valence-electron chi connectivity index (χ4n) is 5.04. The lowest BCUT2D eigenvalue weighted by molar-refractivity contribution is 0.0621. The maximum atomic E-state index is 13.4. The van der Waals surface area contributed by atoms with Crippen molar-refractivity contribution < 1.29 is 14.6 Å². The molecule has 0 spiro atoms. The zero-order valence-corrected chi connectivity index (χ0v) is 16.0. The van der Waals surface area contributed by atoms with Crippen LogP contribution in [0.2, 0.25) is 0 Å². The molecule has 0 radical (unpaired) electrons. The number of aliphatic hydroxyl groups is 2. The molecule has 2 aliphatic rings. The van der Waals surface area contributed by atoms with Gasteiger partial charge in [-0.25, -0.2) is 4.39 Å². The first-order valence-electron chi connectivity index (χ1n) is 9.89. The highest BCUT2D eigenvalue weighted by Crippen LogP contribution is 2.53. The van der Waals surface area contributed by atoms with Crippen molar-refractivity contribution in [1.82, 2.24) is 5.32 Å². The molecule has 1 saturated heterocycles. The Balaban J connectivity index is 1.73. The molecule has 5 unspecified atom stereocenters. The van der Waals surface area contributed by atoms with E-state index < -0.39 is 5.60 Å². The van der Waals surface area contributed by atoms with Crippen molar-refractivity contribution >= 4 is 0 Å². The van der Waals surface area contributed by atoms with E-state index in [1.54, 1.807) is 12.1 Å². The third-order valence-electron chi connectivity index (χ3n) is 6.52. The van der Waals surface area contributed by atoms with Crippen molar-refractivity contribution in [2.75, 3.05) is 6.54 Å². The summed E-state index contributed by atoms with van der Waals surface area (Å²) in [5.74, 6) is 0.346. The SMILES string of the molecule is Cc1ccc2c(c1)C(C1CCNC(C(C)O)C1)CC2(O)c1ccc(F)cc1. The molecule has 27 heavy (non-hydrogen) atoms. The van der Waals surface area contributed by atoms with Gasteiger partial charge in [0.1, 0.15) is 11.4 Å². The normalized spacial score (nSPS) is 31.5. The fourth-order valence-corrected chi connectivity index (χ4v) is 5.04. The number of piperidine rings is 1. The number of hydrogen-bond acceptors (Lipinski definition) is 3. The van der Waals surface area contributed by atoms with Gasteiger partial charge in [0.15, 0.2) is 0 Å². The molecule has 5 atom stereocenters. The van der Waals surface area contributed by atoms with E-state index in [1.807, 2.05) is 19.1 Å². The van der Waals surface area contributed by atoms with Gasteiger partial charge in [0.05, 0.1) is 6.10 Å². The Morgan fingerprint density at radius 1 is 1.19 bits per heavy atom. The second kappa shape index (κ2) is 7.01. The van der Waals surface area contributed by atoms with Gasteiger partial charge in [0, 0.05) is 6.04 Å². The van der Waals surface area contributed by atoms with E-state index in [4.69, 9.17) is 0 Å². The molecule has 1 aliphatic carbocycles. The Hall–Kier alpha value is -1.75. The van der Waals surface area contributed by atoms with Gasteiger partial charge < -0.3 is 15.5 Å². The van der Waals surface area contributed by atoms with Crippen LogP contribution in [0.15, 0.2) is 42.5 Å². The topological polar surface area (TPSA) is 52.5 Å². The first kappa shape index (κ1) is 18.6. The van der Waals surface area contributed by atoms with Gasteiger partial charge in [-0.15, -0.1) is 0 Å². The predicted octanol–water partition coefficient (Wildman–Crippen LogP) is 3.61. The van der Waals surface area contributed by atoms with Crippen molar-refractivity contribution in [3.8, 4) is 0 Å². The summed E-state index contributed by atoms with van der Waals surface area (Å²) in [4.78, 5) is 0. The van der Waals surface area contributed by atoms with Gasteiger partial charge in [-0.05, 0) is 80.3 Å². The summed E-state index contributed by atoms with van der Waals surface area (Å²) >= 11 is 0. The molecular weight excluding hydrogens is 341 g/mol. The number of nitrogens with one attached hydrogen (secondary N) is 1. The summed E-state index contributed by atoms with van der Waals surface area (Å²) in [6, 6.07) is 12.6. The predicted molar refractivity (Wildman–Crippen MR) is 104 cm³/mol. The van der Waals surface area contributed by atoms with Gasteiger partial charge in [0.25, 0.3) is 0 Å². The number of halogens is 1. The summed E-state index contributed by atoms with van der Waals surface area (Å²) in [6.45, 7) is 4.79. The largest absolute Gasteiger partial charge is 0.392 e. The molecule has 0 bridgehead atoms. The molecule has 4 heteroatoms. The van der Waals surface area contributed by atoms with Crippen molar-refractivity contribution in [1.29, 1.82) is 0 Å². The highest BCUT2D eigenvalue weighted by molar-refractivity contribution is 5.49. The summed E-state index contributed by atoms with van der Waals surface area (Å²) in [5, 5.41) is 25.1. The zero-order chi connectivity index (χ0) is 19.2. The summed E-state index contributed by atoms with van der Waals surface area (Å²) in [7, 11) is 0. The number of aliphatic hydroxyl groups excluding tert-OH is 1. The van der Waals surface area contributed by atoms with Crippen LogP contribution in [0.4, 0.5) is 4.39 Å². The number of aryl methyl sites for hydroxylation is 1. The maximum absolute atomic E-state index is 13.4. The molecule has 1 fully saturated rings. The Labute approximate surface area is 160 Å². The molecule has 3 nitrogen and oxygen atoms in total. The first-order chi connectivity index (χ1) is 12.9. The number of benzene rings is 2. The second-order valence-corrected chi connectivity index (χ2v) is 8.35. The Morgan fingerprint density at radius 3 is 2.63 bits per heavy atom. The van der Waals surface area contributed by atoms with E-state index in [0.29, 0.717) is 12.3 Å². The van der Waals surface area contributed by atoms with E-state index in [1.165, 1.54) is 23.3 Å². The van der Waals surface area contributed by atoms with Gasteiger partial charge in [-0.3, -0.25) is 0 Å². The van der Waals surface area contributed by atoms with Crippen LogP contribution in [0, 0.1) is 18.7 Å². The van der Waals surface area contributed by atoms with Crippen molar-refractivity contribution in [3.63, 3.8) is 0 Å². The molecule has 0 amide bonds. The molecule has 1 heterocycles. The average molecular weight is 369 g/mol. The molecule has 144 valence electrons. The van der Waals surface area contributed by atoms with E-state index in [-0.39, 0.29) is 23.9 Å².